The third kappa shape index (κ3) is 5.41. The van der Waals surface area contributed by atoms with Crippen molar-refractivity contribution in [2.24, 2.45) is 0 Å². The molecule has 218 valence electrons. The first-order valence-electron chi connectivity index (χ1n) is 13.6. The van der Waals surface area contributed by atoms with Crippen molar-refractivity contribution in [3.8, 4) is 34.1 Å². The molecule has 8 heteroatoms. The molecule has 0 amide bonds. The van der Waals surface area contributed by atoms with Crippen molar-refractivity contribution < 1.29 is 38.7 Å². The second kappa shape index (κ2) is 12.8. The number of fused-ring (bicyclic) bond motifs is 3. The fourth-order valence-electron chi connectivity index (χ4n) is 5.51. The summed E-state index contributed by atoms with van der Waals surface area (Å²) >= 11 is 0. The fraction of sp³-hybridized carbons (Fsp3) is 0.143. The molecule has 1 aliphatic rings. The Balaban J connectivity index is 1.86. The second-order valence-electron chi connectivity index (χ2n) is 9.55. The molecule has 5 rings (SSSR count). The monoisotopic (exact) mass is 578 g/mol. The highest BCUT2D eigenvalue weighted by Crippen LogP contribution is 2.60. The van der Waals surface area contributed by atoms with E-state index in [0.717, 1.165) is 40.0 Å². The number of ether oxygens (including phenoxy) is 4. The summed E-state index contributed by atoms with van der Waals surface area (Å²) < 4.78 is 22.8. The molecule has 0 atom stereocenters. The van der Waals surface area contributed by atoms with Gasteiger partial charge in [0, 0.05) is 17.7 Å². The maximum atomic E-state index is 12.8. The van der Waals surface area contributed by atoms with E-state index in [-0.39, 0.29) is 37.9 Å². The van der Waals surface area contributed by atoms with Crippen LogP contribution in [0, 0.1) is 0 Å². The van der Waals surface area contributed by atoms with Crippen molar-refractivity contribution in [1.82, 2.24) is 0 Å². The van der Waals surface area contributed by atoms with Crippen LogP contribution in [0.3, 0.4) is 0 Å². The molecule has 0 heterocycles. The van der Waals surface area contributed by atoms with Crippen molar-refractivity contribution in [3.63, 3.8) is 0 Å². The van der Waals surface area contributed by atoms with Gasteiger partial charge in [0.1, 0.15) is 24.7 Å². The highest BCUT2D eigenvalue weighted by molar-refractivity contribution is 5.93. The summed E-state index contributed by atoms with van der Waals surface area (Å²) in [6.07, 6.45) is 2.08. The number of hydrogen-bond donors (Lipinski definition) is 2. The summed E-state index contributed by atoms with van der Waals surface area (Å²) in [5.74, 6) is -0.197. The standard InChI is InChI=1S/C35H30O8/c1-3-31(38)42-30-18-17-28-27-7-5-6-8-29(27)35(33(28)34(30)43-32(39)4-2,23-9-13-25(14-10-23)40-21-19-36)24-11-15-26(16-12-24)41-22-20-37/h3-18,36-37H,1-2,19-22H2. The Kier molecular flexibility index (Phi) is 8.71. The zero-order valence-corrected chi connectivity index (χ0v) is 23.3. The van der Waals surface area contributed by atoms with E-state index in [2.05, 4.69) is 13.2 Å². The predicted molar refractivity (Wildman–Crippen MR) is 161 cm³/mol. The maximum Gasteiger partial charge on any atom is 0.335 e. The number of hydrogen-bond acceptors (Lipinski definition) is 8. The Morgan fingerprint density at radius 1 is 0.674 bits per heavy atom. The van der Waals surface area contributed by atoms with Crippen LogP contribution in [0.5, 0.6) is 23.0 Å². The molecule has 2 N–H and O–H groups in total. The molecule has 4 aromatic rings. The van der Waals surface area contributed by atoms with Gasteiger partial charge in [-0.25, -0.2) is 9.59 Å². The van der Waals surface area contributed by atoms with E-state index in [1.165, 1.54) is 0 Å². The Morgan fingerprint density at radius 3 is 1.74 bits per heavy atom. The molecule has 8 nitrogen and oxygen atoms in total. The summed E-state index contributed by atoms with van der Waals surface area (Å²) in [5, 5.41) is 18.5. The van der Waals surface area contributed by atoms with Crippen LogP contribution in [0.1, 0.15) is 22.3 Å². The highest BCUT2D eigenvalue weighted by Gasteiger charge is 2.49. The van der Waals surface area contributed by atoms with Crippen LogP contribution in [0.4, 0.5) is 0 Å². The van der Waals surface area contributed by atoms with E-state index < -0.39 is 17.4 Å². The molecule has 43 heavy (non-hydrogen) atoms. The molecule has 0 bridgehead atoms. The molecule has 1 aliphatic carbocycles. The zero-order chi connectivity index (χ0) is 30.4. The molecule has 0 radical (unpaired) electrons. The molecular weight excluding hydrogens is 548 g/mol. The highest BCUT2D eigenvalue weighted by atomic mass is 16.6. The zero-order valence-electron chi connectivity index (χ0n) is 23.3. The summed E-state index contributed by atoms with van der Waals surface area (Å²) in [7, 11) is 0. The van der Waals surface area contributed by atoms with Crippen LogP contribution in [0.15, 0.2) is 110 Å². The van der Waals surface area contributed by atoms with E-state index in [1.807, 2.05) is 78.9 Å². The average molecular weight is 579 g/mol. The van der Waals surface area contributed by atoms with Crippen molar-refractivity contribution in [3.05, 3.63) is 132 Å². The molecule has 0 unspecified atom stereocenters. The predicted octanol–water partition coefficient (Wildman–Crippen LogP) is 4.97. The largest absolute Gasteiger partial charge is 0.491 e. The van der Waals surface area contributed by atoms with Gasteiger partial charge in [0.2, 0.25) is 0 Å². The van der Waals surface area contributed by atoms with Crippen LogP contribution in [-0.2, 0) is 15.0 Å². The topological polar surface area (TPSA) is 112 Å². The van der Waals surface area contributed by atoms with Gasteiger partial charge >= 0.3 is 11.9 Å². The Hall–Kier alpha value is -5.18. The van der Waals surface area contributed by atoms with E-state index >= 15 is 0 Å². The number of benzene rings is 4. The van der Waals surface area contributed by atoms with Gasteiger partial charge in [-0.05, 0) is 58.1 Å². The van der Waals surface area contributed by atoms with Gasteiger partial charge in [-0.3, -0.25) is 0 Å². The number of carbonyl (C=O) groups is 2. The summed E-state index contributed by atoms with van der Waals surface area (Å²) in [4.78, 5) is 25.2. The number of aliphatic hydroxyl groups excluding tert-OH is 2. The minimum atomic E-state index is -1.07. The molecule has 0 aromatic heterocycles. The van der Waals surface area contributed by atoms with Crippen molar-refractivity contribution in [2.45, 2.75) is 5.41 Å². The molecule has 0 spiro atoms. The maximum absolute atomic E-state index is 12.8. The Morgan fingerprint density at radius 2 is 1.21 bits per heavy atom. The van der Waals surface area contributed by atoms with Crippen molar-refractivity contribution in [2.75, 3.05) is 26.4 Å². The fourth-order valence-corrected chi connectivity index (χ4v) is 5.51. The summed E-state index contributed by atoms with van der Waals surface area (Å²) in [6.45, 7) is 7.09. The minimum Gasteiger partial charge on any atom is -0.491 e. The molecule has 0 fully saturated rings. The lowest BCUT2D eigenvalue weighted by atomic mass is 9.67. The average Bonchev–Trinajstić information content (AvgIpc) is 3.35. The van der Waals surface area contributed by atoms with E-state index in [4.69, 9.17) is 18.9 Å². The second-order valence-corrected chi connectivity index (χ2v) is 9.55. The number of rotatable bonds is 12. The lowest BCUT2D eigenvalue weighted by molar-refractivity contribution is -0.131. The summed E-state index contributed by atoms with van der Waals surface area (Å²) in [5.41, 5.74) is 3.72. The molecular formula is C35H30O8. The van der Waals surface area contributed by atoms with Gasteiger partial charge < -0.3 is 29.2 Å². The van der Waals surface area contributed by atoms with Crippen LogP contribution >= 0.6 is 0 Å². The van der Waals surface area contributed by atoms with Crippen LogP contribution in [0.2, 0.25) is 0 Å². The minimum absolute atomic E-state index is 0.0434. The van der Waals surface area contributed by atoms with Gasteiger partial charge in [-0.1, -0.05) is 67.8 Å². The van der Waals surface area contributed by atoms with Gasteiger partial charge in [0.15, 0.2) is 11.5 Å². The third-order valence-corrected chi connectivity index (χ3v) is 7.16. The molecule has 0 saturated carbocycles. The molecule has 4 aromatic carbocycles. The van der Waals surface area contributed by atoms with Gasteiger partial charge in [-0.15, -0.1) is 0 Å². The normalized spacial score (nSPS) is 12.4. The van der Waals surface area contributed by atoms with Crippen molar-refractivity contribution >= 4 is 11.9 Å². The Bertz CT molecular complexity index is 1600. The number of carbonyl (C=O) groups excluding carboxylic acids is 2. The van der Waals surface area contributed by atoms with Gasteiger partial charge in [-0.2, -0.15) is 0 Å². The Labute approximate surface area is 249 Å². The lowest BCUT2D eigenvalue weighted by Crippen LogP contribution is -2.30. The molecule has 0 saturated heterocycles. The first-order chi connectivity index (χ1) is 21.0. The van der Waals surface area contributed by atoms with E-state index in [9.17, 15) is 19.8 Å². The van der Waals surface area contributed by atoms with Crippen molar-refractivity contribution in [1.29, 1.82) is 0 Å². The first kappa shape index (κ1) is 29.3. The number of esters is 2. The van der Waals surface area contributed by atoms with Gasteiger partial charge in [0.25, 0.3) is 0 Å². The van der Waals surface area contributed by atoms with Crippen LogP contribution in [-0.4, -0.2) is 48.6 Å². The smallest absolute Gasteiger partial charge is 0.335 e. The SMILES string of the molecule is C=CC(=O)Oc1ccc2c(c1OC(=O)C=C)C(c1ccc(OCCO)cc1)(c1ccc(OCCO)cc1)c1ccccc1-2. The van der Waals surface area contributed by atoms with E-state index in [1.54, 1.807) is 6.07 Å². The number of aliphatic hydroxyl groups is 2. The van der Waals surface area contributed by atoms with Gasteiger partial charge in [0.05, 0.1) is 18.6 Å². The third-order valence-electron chi connectivity index (χ3n) is 7.16. The quantitative estimate of drug-likeness (QED) is 0.121. The summed E-state index contributed by atoms with van der Waals surface area (Å²) in [6, 6.07) is 26.2. The van der Waals surface area contributed by atoms with E-state index in [0.29, 0.717) is 17.1 Å². The molecule has 0 aliphatic heterocycles. The lowest BCUT2D eigenvalue weighted by Gasteiger charge is -2.35. The first-order valence-corrected chi connectivity index (χ1v) is 13.6. The van der Waals surface area contributed by atoms with Crippen LogP contribution in [0.25, 0.3) is 11.1 Å². The van der Waals surface area contributed by atoms with Crippen LogP contribution < -0.4 is 18.9 Å².